The molecule has 0 aliphatic heterocycles. The molecule has 0 fully saturated rings. The van der Waals surface area contributed by atoms with Crippen LogP contribution in [0.5, 0.6) is 0 Å². The van der Waals surface area contributed by atoms with Crippen LogP contribution in [-0.2, 0) is 0 Å². The SMILES string of the molecule is CC(C)(CS)C(S)(S)S. The molecular formula is C5H12S4. The van der Waals surface area contributed by atoms with Crippen LogP contribution in [0.3, 0.4) is 0 Å². The van der Waals surface area contributed by atoms with Gasteiger partial charge in [0.05, 0.1) is 0 Å². The Labute approximate surface area is 78.8 Å². The first-order valence-corrected chi connectivity index (χ1v) is 4.56. The van der Waals surface area contributed by atoms with Gasteiger partial charge < -0.3 is 0 Å². The van der Waals surface area contributed by atoms with Crippen molar-refractivity contribution in [3.63, 3.8) is 0 Å². The number of hydrogen-bond acceptors (Lipinski definition) is 4. The zero-order chi connectivity index (χ0) is 7.71. The molecule has 0 saturated carbocycles. The van der Waals surface area contributed by atoms with Gasteiger partial charge >= 0.3 is 0 Å². The van der Waals surface area contributed by atoms with Crippen molar-refractivity contribution in [1.82, 2.24) is 0 Å². The van der Waals surface area contributed by atoms with Crippen LogP contribution in [0, 0.1) is 5.41 Å². The minimum atomic E-state index is -0.547. The fraction of sp³-hybridized carbons (Fsp3) is 1.00. The van der Waals surface area contributed by atoms with Gasteiger partial charge in [-0.15, -0.1) is 0 Å². The molecule has 0 aliphatic rings. The minimum Gasteiger partial charge on any atom is -0.179 e. The van der Waals surface area contributed by atoms with E-state index >= 15 is 0 Å². The van der Waals surface area contributed by atoms with E-state index in [1.165, 1.54) is 0 Å². The molecule has 0 heterocycles. The van der Waals surface area contributed by atoms with Crippen LogP contribution in [-0.4, -0.2) is 9.16 Å². The molecule has 0 aromatic heterocycles. The summed E-state index contributed by atoms with van der Waals surface area (Å²) >= 11 is 16.7. The Balaban J connectivity index is 4.14. The van der Waals surface area contributed by atoms with Gasteiger partial charge in [0.2, 0.25) is 0 Å². The average Bonchev–Trinajstić information content (AvgIpc) is 1.64. The van der Waals surface area contributed by atoms with E-state index in [0.29, 0.717) is 0 Å². The molecule has 0 bridgehead atoms. The van der Waals surface area contributed by atoms with Gasteiger partial charge in [-0.1, -0.05) is 13.8 Å². The van der Waals surface area contributed by atoms with E-state index in [1.54, 1.807) is 0 Å². The smallest absolute Gasteiger partial charge is 0.104 e. The third kappa shape index (κ3) is 2.87. The Morgan fingerprint density at radius 1 is 1.11 bits per heavy atom. The van der Waals surface area contributed by atoms with Crippen molar-refractivity contribution in [1.29, 1.82) is 0 Å². The molecule has 4 heteroatoms. The Kier molecular flexibility index (Phi) is 3.70. The minimum absolute atomic E-state index is 0.0640. The first-order chi connectivity index (χ1) is 3.81. The average molecular weight is 200 g/mol. The molecular weight excluding hydrogens is 188 g/mol. The number of hydrogen-bond donors (Lipinski definition) is 4. The summed E-state index contributed by atoms with van der Waals surface area (Å²) in [5, 5.41) is 0. The van der Waals surface area contributed by atoms with Gasteiger partial charge in [0, 0.05) is 5.41 Å². The number of rotatable bonds is 2. The normalized spacial score (nSPS) is 14.0. The largest absolute Gasteiger partial charge is 0.179 e. The van der Waals surface area contributed by atoms with Crippen molar-refractivity contribution in [2.75, 3.05) is 5.75 Å². The van der Waals surface area contributed by atoms with Gasteiger partial charge in [0.15, 0.2) is 0 Å². The zero-order valence-corrected chi connectivity index (χ0v) is 9.07. The van der Waals surface area contributed by atoms with Crippen LogP contribution in [0.4, 0.5) is 0 Å². The second kappa shape index (κ2) is 3.20. The highest BCUT2D eigenvalue weighted by molar-refractivity contribution is 8.17. The van der Waals surface area contributed by atoms with Crippen LogP contribution in [0.25, 0.3) is 0 Å². The molecule has 0 aromatic carbocycles. The zero-order valence-electron chi connectivity index (χ0n) is 5.50. The number of thiol groups is 4. The van der Waals surface area contributed by atoms with Crippen LogP contribution in [0.1, 0.15) is 13.8 Å². The van der Waals surface area contributed by atoms with Gasteiger partial charge in [-0.2, -0.15) is 50.5 Å². The molecule has 0 amide bonds. The molecule has 0 atom stereocenters. The topological polar surface area (TPSA) is 0 Å². The summed E-state index contributed by atoms with van der Waals surface area (Å²) in [6.07, 6.45) is 0. The summed E-state index contributed by atoms with van der Waals surface area (Å²) in [6.45, 7) is 4.04. The first kappa shape index (κ1) is 10.4. The van der Waals surface area contributed by atoms with Gasteiger partial charge in [-0.3, -0.25) is 0 Å². The Morgan fingerprint density at radius 2 is 1.44 bits per heavy atom. The fourth-order valence-electron chi connectivity index (χ4n) is 0.106. The van der Waals surface area contributed by atoms with Crippen LogP contribution < -0.4 is 0 Å². The maximum Gasteiger partial charge on any atom is 0.104 e. The lowest BCUT2D eigenvalue weighted by Crippen LogP contribution is -2.30. The van der Waals surface area contributed by atoms with Gasteiger partial charge in [-0.05, 0) is 5.75 Å². The van der Waals surface area contributed by atoms with E-state index in [9.17, 15) is 0 Å². The van der Waals surface area contributed by atoms with Crippen molar-refractivity contribution in [2.24, 2.45) is 5.41 Å². The summed E-state index contributed by atoms with van der Waals surface area (Å²) in [4.78, 5) is 0. The van der Waals surface area contributed by atoms with E-state index in [0.717, 1.165) is 5.75 Å². The fourth-order valence-corrected chi connectivity index (χ4v) is 0.955. The maximum absolute atomic E-state index is 4.19. The Bertz CT molecular complexity index is 91.6. The standard InChI is InChI=1S/C5H12S4/c1-4(2,3-6)5(7,8)9/h6-9H,3H2,1-2H3. The lowest BCUT2D eigenvalue weighted by molar-refractivity contribution is 0.456. The van der Waals surface area contributed by atoms with Crippen molar-refractivity contribution in [3.05, 3.63) is 0 Å². The van der Waals surface area contributed by atoms with Gasteiger partial charge in [0.25, 0.3) is 0 Å². The van der Waals surface area contributed by atoms with Crippen molar-refractivity contribution in [2.45, 2.75) is 17.3 Å². The quantitative estimate of drug-likeness (QED) is 0.382. The summed E-state index contributed by atoms with van der Waals surface area (Å²) < 4.78 is -0.547. The third-order valence-corrected chi connectivity index (χ3v) is 3.91. The lowest BCUT2D eigenvalue weighted by Gasteiger charge is -2.34. The first-order valence-electron chi connectivity index (χ1n) is 2.59. The highest BCUT2D eigenvalue weighted by Crippen LogP contribution is 2.43. The van der Waals surface area contributed by atoms with Crippen LogP contribution >= 0.6 is 50.5 Å². The van der Waals surface area contributed by atoms with Crippen molar-refractivity contribution >= 4 is 50.5 Å². The molecule has 0 radical (unpaired) electrons. The molecule has 0 unspecified atom stereocenters. The van der Waals surface area contributed by atoms with Crippen molar-refractivity contribution in [3.8, 4) is 0 Å². The molecule has 0 aliphatic carbocycles. The highest BCUT2D eigenvalue weighted by atomic mass is 32.2. The van der Waals surface area contributed by atoms with Crippen molar-refractivity contribution < 1.29 is 0 Å². The molecule has 0 aromatic rings. The summed E-state index contributed by atoms with van der Waals surface area (Å²) in [5.41, 5.74) is -0.0640. The van der Waals surface area contributed by atoms with E-state index in [4.69, 9.17) is 0 Å². The predicted molar refractivity (Wildman–Crippen MR) is 57.3 cm³/mol. The Morgan fingerprint density at radius 3 is 1.44 bits per heavy atom. The molecule has 0 saturated heterocycles. The highest BCUT2D eigenvalue weighted by Gasteiger charge is 2.34. The maximum atomic E-state index is 4.19. The second-order valence-corrected chi connectivity index (χ2v) is 6.06. The lowest BCUT2D eigenvalue weighted by atomic mass is 9.99. The van der Waals surface area contributed by atoms with E-state index in [1.807, 2.05) is 13.8 Å². The third-order valence-electron chi connectivity index (χ3n) is 1.30. The summed E-state index contributed by atoms with van der Waals surface area (Å²) in [7, 11) is 0. The molecule has 0 spiro atoms. The molecule has 0 N–H and O–H groups in total. The van der Waals surface area contributed by atoms with Gasteiger partial charge in [-0.25, -0.2) is 0 Å². The predicted octanol–water partition coefficient (Wildman–Crippen LogP) is 2.39. The van der Waals surface area contributed by atoms with E-state index < -0.39 is 3.41 Å². The van der Waals surface area contributed by atoms with Crippen LogP contribution in [0.2, 0.25) is 0 Å². The monoisotopic (exact) mass is 200 g/mol. The second-order valence-electron chi connectivity index (χ2n) is 2.68. The summed E-state index contributed by atoms with van der Waals surface area (Å²) in [6, 6.07) is 0. The molecule has 0 nitrogen and oxygen atoms in total. The Hall–Kier alpha value is 1.40. The van der Waals surface area contributed by atoms with Gasteiger partial charge in [0.1, 0.15) is 3.41 Å². The molecule has 0 rings (SSSR count). The van der Waals surface area contributed by atoms with E-state index in [-0.39, 0.29) is 5.41 Å². The van der Waals surface area contributed by atoms with Crippen LogP contribution in [0.15, 0.2) is 0 Å². The van der Waals surface area contributed by atoms with E-state index in [2.05, 4.69) is 50.5 Å². The molecule has 9 heavy (non-hydrogen) atoms. The molecule has 56 valence electrons. The summed E-state index contributed by atoms with van der Waals surface area (Å²) in [5.74, 6) is 0.726.